The minimum atomic E-state index is -0.207. The second-order valence-corrected chi connectivity index (χ2v) is 7.61. The van der Waals surface area contributed by atoms with E-state index in [4.69, 9.17) is 11.6 Å². The molecule has 28 heavy (non-hydrogen) atoms. The number of likely N-dealkylation sites (tertiary alicyclic amines) is 1. The molecule has 2 heterocycles. The molecule has 2 aromatic rings. The van der Waals surface area contributed by atoms with Gasteiger partial charge in [0, 0.05) is 50.0 Å². The topological polar surface area (TPSA) is 58.4 Å². The van der Waals surface area contributed by atoms with Crippen molar-refractivity contribution in [1.82, 2.24) is 19.6 Å². The average molecular weight is 401 g/mol. The van der Waals surface area contributed by atoms with Crippen LogP contribution in [0.1, 0.15) is 24.0 Å². The van der Waals surface area contributed by atoms with Crippen LogP contribution in [-0.4, -0.2) is 44.5 Å². The molecule has 7 heteroatoms. The van der Waals surface area contributed by atoms with Gasteiger partial charge in [0.05, 0.1) is 12.1 Å². The van der Waals surface area contributed by atoms with Crippen LogP contribution in [-0.2, 0) is 29.7 Å². The van der Waals surface area contributed by atoms with Crippen molar-refractivity contribution < 1.29 is 9.59 Å². The van der Waals surface area contributed by atoms with Crippen molar-refractivity contribution in [2.24, 2.45) is 13.0 Å². The molecule has 1 atom stereocenters. The lowest BCUT2D eigenvalue weighted by Crippen LogP contribution is -2.46. The van der Waals surface area contributed by atoms with Crippen molar-refractivity contribution in [3.05, 3.63) is 65.5 Å². The maximum absolute atomic E-state index is 13.3. The first-order valence-electron chi connectivity index (χ1n) is 9.38. The van der Waals surface area contributed by atoms with Crippen LogP contribution in [0.3, 0.4) is 0 Å². The molecule has 148 valence electrons. The SMILES string of the molecule is C=CC(=O)N1CCC[C@@H](C(=O)N(Cc2ccc(Cl)cc2)Cc2cnn(C)c2)C1. The molecule has 1 saturated heterocycles. The molecule has 0 radical (unpaired) electrons. The van der Waals surface area contributed by atoms with E-state index in [0.717, 1.165) is 24.0 Å². The molecule has 0 saturated carbocycles. The maximum atomic E-state index is 13.3. The van der Waals surface area contributed by atoms with Crippen LogP contribution >= 0.6 is 11.6 Å². The van der Waals surface area contributed by atoms with Crippen molar-refractivity contribution in [2.45, 2.75) is 25.9 Å². The summed E-state index contributed by atoms with van der Waals surface area (Å²) in [6.07, 6.45) is 6.60. The summed E-state index contributed by atoms with van der Waals surface area (Å²) in [4.78, 5) is 28.9. The average Bonchev–Trinajstić information content (AvgIpc) is 3.12. The smallest absolute Gasteiger partial charge is 0.245 e. The number of halogens is 1. The largest absolute Gasteiger partial charge is 0.338 e. The summed E-state index contributed by atoms with van der Waals surface area (Å²) in [5, 5.41) is 4.87. The minimum Gasteiger partial charge on any atom is -0.338 e. The molecule has 1 fully saturated rings. The highest BCUT2D eigenvalue weighted by molar-refractivity contribution is 6.30. The number of carbonyl (C=O) groups excluding carboxylic acids is 2. The highest BCUT2D eigenvalue weighted by atomic mass is 35.5. The van der Waals surface area contributed by atoms with E-state index >= 15 is 0 Å². The van der Waals surface area contributed by atoms with Crippen molar-refractivity contribution in [3.8, 4) is 0 Å². The maximum Gasteiger partial charge on any atom is 0.245 e. The Bertz CT molecular complexity index is 846. The van der Waals surface area contributed by atoms with E-state index in [-0.39, 0.29) is 17.7 Å². The lowest BCUT2D eigenvalue weighted by Gasteiger charge is -2.34. The quantitative estimate of drug-likeness (QED) is 0.700. The number of hydrogen-bond acceptors (Lipinski definition) is 3. The Kier molecular flexibility index (Phi) is 6.52. The third-order valence-electron chi connectivity index (χ3n) is 4.99. The van der Waals surface area contributed by atoms with Gasteiger partial charge in [-0.2, -0.15) is 5.10 Å². The Morgan fingerprint density at radius 1 is 1.29 bits per heavy atom. The standard InChI is InChI=1S/C21H25ClN4O2/c1-3-20(27)25-10-4-5-18(15-25)21(28)26(14-17-11-23-24(2)12-17)13-16-6-8-19(22)9-7-16/h3,6-9,11-12,18H,1,4-5,10,13-15H2,2H3/t18-/m1/s1. The van der Waals surface area contributed by atoms with Gasteiger partial charge >= 0.3 is 0 Å². The third kappa shape index (κ3) is 5.01. The molecule has 2 amide bonds. The zero-order valence-corrected chi connectivity index (χ0v) is 16.8. The fourth-order valence-corrected chi connectivity index (χ4v) is 3.69. The second-order valence-electron chi connectivity index (χ2n) is 7.17. The predicted octanol–water partition coefficient (Wildman–Crippen LogP) is 3.03. The Labute approximate surface area is 170 Å². The van der Waals surface area contributed by atoms with Crippen LogP contribution in [0, 0.1) is 5.92 Å². The molecular weight excluding hydrogens is 376 g/mol. The van der Waals surface area contributed by atoms with Gasteiger partial charge in [-0.05, 0) is 36.6 Å². The number of aryl methyl sites for hydroxylation is 1. The first-order chi connectivity index (χ1) is 13.5. The number of carbonyl (C=O) groups is 2. The highest BCUT2D eigenvalue weighted by Crippen LogP contribution is 2.22. The first-order valence-corrected chi connectivity index (χ1v) is 9.76. The number of nitrogens with zero attached hydrogens (tertiary/aromatic N) is 4. The molecule has 1 aromatic carbocycles. The molecule has 0 spiro atoms. The number of rotatable bonds is 6. The van der Waals surface area contributed by atoms with E-state index in [0.29, 0.717) is 31.2 Å². The molecule has 0 unspecified atom stereocenters. The molecule has 1 aliphatic rings. The number of piperidine rings is 1. The number of benzene rings is 1. The van der Waals surface area contributed by atoms with Gasteiger partial charge in [0.2, 0.25) is 11.8 Å². The van der Waals surface area contributed by atoms with E-state index < -0.39 is 0 Å². The molecule has 6 nitrogen and oxygen atoms in total. The molecule has 0 bridgehead atoms. The van der Waals surface area contributed by atoms with E-state index in [2.05, 4.69) is 11.7 Å². The summed E-state index contributed by atoms with van der Waals surface area (Å²) in [5.41, 5.74) is 1.98. The summed E-state index contributed by atoms with van der Waals surface area (Å²) < 4.78 is 1.73. The number of aromatic nitrogens is 2. The molecule has 1 aromatic heterocycles. The van der Waals surface area contributed by atoms with Crippen LogP contribution in [0.2, 0.25) is 5.02 Å². The van der Waals surface area contributed by atoms with Gasteiger partial charge in [-0.15, -0.1) is 0 Å². The summed E-state index contributed by atoms with van der Waals surface area (Å²) in [6.45, 7) is 5.63. The van der Waals surface area contributed by atoms with Crippen molar-refractivity contribution in [1.29, 1.82) is 0 Å². The van der Waals surface area contributed by atoms with Gasteiger partial charge < -0.3 is 9.80 Å². The van der Waals surface area contributed by atoms with Crippen LogP contribution in [0.15, 0.2) is 49.3 Å². The zero-order valence-electron chi connectivity index (χ0n) is 16.1. The van der Waals surface area contributed by atoms with Crippen LogP contribution < -0.4 is 0 Å². The molecule has 1 aliphatic heterocycles. The molecule has 0 aliphatic carbocycles. The van der Waals surface area contributed by atoms with Gasteiger partial charge in [-0.25, -0.2) is 0 Å². The van der Waals surface area contributed by atoms with Crippen LogP contribution in [0.5, 0.6) is 0 Å². The zero-order chi connectivity index (χ0) is 20.1. The van der Waals surface area contributed by atoms with Crippen LogP contribution in [0.25, 0.3) is 0 Å². The Hall–Kier alpha value is -2.60. The lowest BCUT2D eigenvalue weighted by atomic mass is 9.96. The molecule has 0 N–H and O–H groups in total. The van der Waals surface area contributed by atoms with E-state index in [1.165, 1.54) is 6.08 Å². The Morgan fingerprint density at radius 2 is 2.00 bits per heavy atom. The van der Waals surface area contributed by atoms with E-state index in [1.54, 1.807) is 15.8 Å². The normalized spacial score (nSPS) is 16.6. The van der Waals surface area contributed by atoms with Gasteiger partial charge in [0.15, 0.2) is 0 Å². The van der Waals surface area contributed by atoms with Gasteiger partial charge in [0.1, 0.15) is 0 Å². The summed E-state index contributed by atoms with van der Waals surface area (Å²) in [5.74, 6) is -0.268. The van der Waals surface area contributed by atoms with Crippen molar-refractivity contribution in [3.63, 3.8) is 0 Å². The Morgan fingerprint density at radius 3 is 2.64 bits per heavy atom. The number of amides is 2. The summed E-state index contributed by atoms with van der Waals surface area (Å²) >= 11 is 5.99. The third-order valence-corrected chi connectivity index (χ3v) is 5.24. The summed E-state index contributed by atoms with van der Waals surface area (Å²) in [6, 6.07) is 7.52. The van der Waals surface area contributed by atoms with Crippen LogP contribution in [0.4, 0.5) is 0 Å². The minimum absolute atomic E-state index is 0.0559. The van der Waals surface area contributed by atoms with E-state index in [9.17, 15) is 9.59 Å². The van der Waals surface area contributed by atoms with Crippen molar-refractivity contribution in [2.75, 3.05) is 13.1 Å². The number of hydrogen-bond donors (Lipinski definition) is 0. The fraction of sp³-hybridized carbons (Fsp3) is 0.381. The summed E-state index contributed by atoms with van der Waals surface area (Å²) in [7, 11) is 1.86. The first kappa shape index (κ1) is 20.1. The lowest BCUT2D eigenvalue weighted by molar-refractivity contribution is -0.140. The fourth-order valence-electron chi connectivity index (χ4n) is 3.56. The highest BCUT2D eigenvalue weighted by Gasteiger charge is 2.31. The predicted molar refractivity (Wildman–Crippen MR) is 108 cm³/mol. The second kappa shape index (κ2) is 9.06. The monoisotopic (exact) mass is 400 g/mol. The van der Waals surface area contributed by atoms with Gasteiger partial charge in [-0.1, -0.05) is 30.3 Å². The Balaban J connectivity index is 1.78. The van der Waals surface area contributed by atoms with E-state index in [1.807, 2.05) is 42.4 Å². The molecule has 3 rings (SSSR count). The van der Waals surface area contributed by atoms with Crippen molar-refractivity contribution >= 4 is 23.4 Å². The van der Waals surface area contributed by atoms with Gasteiger partial charge in [-0.3, -0.25) is 14.3 Å². The van der Waals surface area contributed by atoms with Gasteiger partial charge in [0.25, 0.3) is 0 Å². The molecular formula is C21H25ClN4O2.